The summed E-state index contributed by atoms with van der Waals surface area (Å²) in [6, 6.07) is 8.65. The standard InChI is InChI=1S/C21H19BrFN3OS/c22-19-9-8-17(11-20(19)23)27-14-16-13-25-21(28-18-6-2-1-3-7-18)26(16)15-5-4-10-24-12-15/h2,4-6,8-13,18H,1,3,7,14H2. The van der Waals surface area contributed by atoms with Crippen molar-refractivity contribution in [1.82, 2.24) is 14.5 Å². The Balaban J connectivity index is 1.60. The molecular formula is C21H19BrFN3OS. The van der Waals surface area contributed by atoms with Crippen molar-refractivity contribution in [3.8, 4) is 11.4 Å². The third-order valence-corrected chi connectivity index (χ3v) is 6.29. The molecule has 2 aromatic heterocycles. The topological polar surface area (TPSA) is 39.9 Å². The first-order chi connectivity index (χ1) is 13.7. The lowest BCUT2D eigenvalue weighted by Crippen LogP contribution is -2.08. The highest BCUT2D eigenvalue weighted by molar-refractivity contribution is 9.10. The Morgan fingerprint density at radius 1 is 1.29 bits per heavy atom. The molecule has 144 valence electrons. The van der Waals surface area contributed by atoms with Crippen LogP contribution in [0.5, 0.6) is 5.75 Å². The zero-order valence-corrected chi connectivity index (χ0v) is 17.5. The predicted molar refractivity (Wildman–Crippen MR) is 112 cm³/mol. The summed E-state index contributed by atoms with van der Waals surface area (Å²) < 4.78 is 22.1. The van der Waals surface area contributed by atoms with Gasteiger partial charge in [0.1, 0.15) is 18.2 Å². The molecule has 1 aliphatic rings. The molecule has 0 saturated carbocycles. The summed E-state index contributed by atoms with van der Waals surface area (Å²) >= 11 is 4.91. The van der Waals surface area contributed by atoms with E-state index in [4.69, 9.17) is 4.74 Å². The first kappa shape index (κ1) is 19.2. The number of pyridine rings is 1. The zero-order chi connectivity index (χ0) is 19.3. The Hall–Kier alpha value is -2.12. The van der Waals surface area contributed by atoms with Gasteiger partial charge in [0.25, 0.3) is 0 Å². The van der Waals surface area contributed by atoms with Crippen LogP contribution in [0.25, 0.3) is 5.69 Å². The van der Waals surface area contributed by atoms with Crippen LogP contribution in [0.3, 0.4) is 0 Å². The van der Waals surface area contributed by atoms with Gasteiger partial charge in [-0.25, -0.2) is 9.37 Å². The Bertz CT molecular complexity index is 977. The number of benzene rings is 1. The number of rotatable bonds is 6. The van der Waals surface area contributed by atoms with E-state index < -0.39 is 0 Å². The van der Waals surface area contributed by atoms with Gasteiger partial charge in [0, 0.05) is 17.5 Å². The van der Waals surface area contributed by atoms with E-state index in [9.17, 15) is 4.39 Å². The molecule has 0 fully saturated rings. The van der Waals surface area contributed by atoms with E-state index in [1.54, 1.807) is 30.1 Å². The van der Waals surface area contributed by atoms with Crippen LogP contribution in [-0.2, 0) is 6.61 Å². The lowest BCUT2D eigenvalue weighted by atomic mass is 10.1. The SMILES string of the molecule is Fc1cc(OCc2cnc(SC3C=CCCC3)n2-c2cccnc2)ccc1Br. The molecule has 3 aromatic rings. The van der Waals surface area contributed by atoms with Crippen LogP contribution < -0.4 is 4.74 Å². The zero-order valence-electron chi connectivity index (χ0n) is 15.1. The van der Waals surface area contributed by atoms with Crippen molar-refractivity contribution in [2.75, 3.05) is 0 Å². The number of ether oxygens (including phenoxy) is 1. The first-order valence-corrected chi connectivity index (χ1v) is 10.8. The van der Waals surface area contributed by atoms with Gasteiger partial charge in [-0.05, 0) is 59.5 Å². The minimum Gasteiger partial charge on any atom is -0.487 e. The second kappa shape index (κ2) is 8.92. The maximum Gasteiger partial charge on any atom is 0.173 e. The molecule has 2 heterocycles. The highest BCUT2D eigenvalue weighted by Gasteiger charge is 2.18. The smallest absolute Gasteiger partial charge is 0.173 e. The van der Waals surface area contributed by atoms with E-state index in [1.807, 2.05) is 24.5 Å². The van der Waals surface area contributed by atoms with Gasteiger partial charge in [-0.3, -0.25) is 9.55 Å². The van der Waals surface area contributed by atoms with Crippen LogP contribution in [0.15, 0.2) is 70.7 Å². The van der Waals surface area contributed by atoms with Crippen molar-refractivity contribution in [3.63, 3.8) is 0 Å². The number of allylic oxidation sites excluding steroid dienone is 1. The van der Waals surface area contributed by atoms with Crippen molar-refractivity contribution in [3.05, 3.63) is 77.1 Å². The molecule has 0 saturated heterocycles. The summed E-state index contributed by atoms with van der Waals surface area (Å²) in [4.78, 5) is 8.88. The molecule has 28 heavy (non-hydrogen) atoms. The molecule has 1 aliphatic carbocycles. The molecule has 1 atom stereocenters. The predicted octanol–water partition coefficient (Wildman–Crippen LogP) is 5.95. The molecule has 4 nitrogen and oxygen atoms in total. The molecular weight excluding hydrogens is 441 g/mol. The Morgan fingerprint density at radius 3 is 2.96 bits per heavy atom. The van der Waals surface area contributed by atoms with Crippen molar-refractivity contribution >= 4 is 27.7 Å². The van der Waals surface area contributed by atoms with Gasteiger partial charge < -0.3 is 4.74 Å². The fourth-order valence-corrected chi connectivity index (χ4v) is 4.49. The Kier molecular flexibility index (Phi) is 6.12. The molecule has 0 radical (unpaired) electrons. The van der Waals surface area contributed by atoms with Gasteiger partial charge in [-0.2, -0.15) is 0 Å². The fourth-order valence-electron chi connectivity index (χ4n) is 3.05. The molecule has 0 spiro atoms. The second-order valence-electron chi connectivity index (χ2n) is 6.46. The van der Waals surface area contributed by atoms with E-state index in [0.29, 0.717) is 15.5 Å². The Morgan fingerprint density at radius 2 is 2.21 bits per heavy atom. The van der Waals surface area contributed by atoms with E-state index >= 15 is 0 Å². The maximum absolute atomic E-state index is 13.8. The minimum atomic E-state index is -0.349. The van der Waals surface area contributed by atoms with Gasteiger partial charge in [0.15, 0.2) is 5.16 Å². The third kappa shape index (κ3) is 4.47. The van der Waals surface area contributed by atoms with Gasteiger partial charge in [0.2, 0.25) is 0 Å². The Labute approximate surface area is 176 Å². The molecule has 1 unspecified atom stereocenters. The van der Waals surface area contributed by atoms with Crippen molar-refractivity contribution in [1.29, 1.82) is 0 Å². The summed E-state index contributed by atoms with van der Waals surface area (Å²) in [6.07, 6.45) is 13.4. The summed E-state index contributed by atoms with van der Waals surface area (Å²) in [5.74, 6) is 0.127. The largest absolute Gasteiger partial charge is 0.487 e. The monoisotopic (exact) mass is 459 g/mol. The summed E-state index contributed by atoms with van der Waals surface area (Å²) in [6.45, 7) is 0.282. The lowest BCUT2D eigenvalue weighted by Gasteiger charge is -2.17. The van der Waals surface area contributed by atoms with Crippen LogP contribution in [0, 0.1) is 5.82 Å². The maximum atomic E-state index is 13.8. The molecule has 0 amide bonds. The number of hydrogen-bond donors (Lipinski definition) is 0. The average Bonchev–Trinajstić information content (AvgIpc) is 3.12. The quantitative estimate of drug-likeness (QED) is 0.427. The van der Waals surface area contributed by atoms with Crippen LogP contribution >= 0.6 is 27.7 Å². The van der Waals surface area contributed by atoms with Crippen molar-refractivity contribution < 1.29 is 9.13 Å². The number of nitrogens with zero attached hydrogens (tertiary/aromatic N) is 3. The molecule has 0 bridgehead atoms. The summed E-state index contributed by atoms with van der Waals surface area (Å²) in [5.41, 5.74) is 1.82. The third-order valence-electron chi connectivity index (χ3n) is 4.45. The van der Waals surface area contributed by atoms with Crippen LogP contribution in [0.2, 0.25) is 0 Å². The number of thioether (sulfide) groups is 1. The number of imidazole rings is 1. The fraction of sp³-hybridized carbons (Fsp3) is 0.238. The summed E-state index contributed by atoms with van der Waals surface area (Å²) in [5, 5.41) is 1.33. The first-order valence-electron chi connectivity index (χ1n) is 9.09. The van der Waals surface area contributed by atoms with Crippen LogP contribution in [0.1, 0.15) is 25.0 Å². The van der Waals surface area contributed by atoms with Gasteiger partial charge in [0.05, 0.1) is 28.2 Å². The highest BCUT2D eigenvalue weighted by atomic mass is 79.9. The molecule has 4 rings (SSSR count). The van der Waals surface area contributed by atoms with E-state index in [0.717, 1.165) is 29.4 Å². The van der Waals surface area contributed by atoms with Crippen LogP contribution in [-0.4, -0.2) is 19.8 Å². The molecule has 0 N–H and O–H groups in total. The lowest BCUT2D eigenvalue weighted by molar-refractivity contribution is 0.296. The van der Waals surface area contributed by atoms with E-state index in [-0.39, 0.29) is 12.4 Å². The number of halogens is 2. The van der Waals surface area contributed by atoms with Crippen molar-refractivity contribution in [2.45, 2.75) is 36.3 Å². The van der Waals surface area contributed by atoms with Gasteiger partial charge >= 0.3 is 0 Å². The second-order valence-corrected chi connectivity index (χ2v) is 8.52. The molecule has 0 aliphatic heterocycles. The number of aromatic nitrogens is 3. The minimum absolute atomic E-state index is 0.282. The van der Waals surface area contributed by atoms with E-state index in [2.05, 4.69) is 42.6 Å². The molecule has 7 heteroatoms. The summed E-state index contributed by atoms with van der Waals surface area (Å²) in [7, 11) is 0. The van der Waals surface area contributed by atoms with Crippen LogP contribution in [0.4, 0.5) is 4.39 Å². The van der Waals surface area contributed by atoms with E-state index in [1.165, 1.54) is 12.5 Å². The highest BCUT2D eigenvalue weighted by Crippen LogP contribution is 2.32. The number of hydrogen-bond acceptors (Lipinski definition) is 4. The van der Waals surface area contributed by atoms with Crippen molar-refractivity contribution in [2.24, 2.45) is 0 Å². The average molecular weight is 460 g/mol. The molecule has 1 aromatic carbocycles. The van der Waals surface area contributed by atoms with Gasteiger partial charge in [-0.1, -0.05) is 23.9 Å². The normalized spacial score (nSPS) is 16.3. The van der Waals surface area contributed by atoms with Gasteiger partial charge in [-0.15, -0.1) is 0 Å².